The summed E-state index contributed by atoms with van der Waals surface area (Å²) >= 11 is 0. The molecule has 0 aliphatic carbocycles. The number of imide groups is 1. The van der Waals surface area contributed by atoms with Crippen molar-refractivity contribution in [2.24, 2.45) is 11.8 Å². The normalized spacial score (nSPS) is 33.5. The molecule has 5 rings (SSSR count). The first-order valence-electron chi connectivity index (χ1n) is 8.37. The Kier molecular flexibility index (Phi) is 2.64. The summed E-state index contributed by atoms with van der Waals surface area (Å²) in [5.41, 5.74) is 3.16. The van der Waals surface area contributed by atoms with Crippen molar-refractivity contribution in [2.75, 3.05) is 0 Å². The van der Waals surface area contributed by atoms with Gasteiger partial charge in [-0.3, -0.25) is 19.8 Å². The van der Waals surface area contributed by atoms with Gasteiger partial charge in [-0.15, -0.1) is 0 Å². The number of rotatable bonds is 2. The van der Waals surface area contributed by atoms with Crippen LogP contribution in [0, 0.1) is 11.8 Å². The molecule has 3 aliphatic heterocycles. The minimum atomic E-state index is -0.433. The van der Waals surface area contributed by atoms with E-state index >= 15 is 0 Å². The van der Waals surface area contributed by atoms with E-state index in [2.05, 4.69) is 41.4 Å². The Bertz CT molecular complexity index is 863. The van der Waals surface area contributed by atoms with Crippen LogP contribution in [0.3, 0.4) is 0 Å². The van der Waals surface area contributed by atoms with Gasteiger partial charge < -0.3 is 0 Å². The number of nitrogens with zero attached hydrogens (tertiary/aromatic N) is 1. The zero-order valence-electron chi connectivity index (χ0n) is 13.4. The Hall–Kier alpha value is -2.46. The molecular formula is C20H18N2O2. The van der Waals surface area contributed by atoms with Crippen molar-refractivity contribution in [3.8, 4) is 0 Å². The molecule has 1 N–H and O–H groups in total. The van der Waals surface area contributed by atoms with Crippen LogP contribution in [0.1, 0.15) is 29.7 Å². The molecule has 3 heterocycles. The average Bonchev–Trinajstić information content (AvgIpc) is 3.12. The summed E-state index contributed by atoms with van der Waals surface area (Å²) in [5.74, 6) is -0.816. The fourth-order valence-electron chi connectivity index (χ4n) is 5.13. The highest BCUT2D eigenvalue weighted by Crippen LogP contribution is 2.64. The zero-order chi connectivity index (χ0) is 16.5. The van der Waals surface area contributed by atoms with Gasteiger partial charge in [-0.05, 0) is 23.6 Å². The lowest BCUT2D eigenvalue weighted by atomic mass is 9.70. The number of fused-ring (bicyclic) bond motifs is 8. The summed E-state index contributed by atoms with van der Waals surface area (Å²) in [6, 6.07) is 18.5. The van der Waals surface area contributed by atoms with E-state index in [0.717, 1.165) is 6.54 Å². The quantitative estimate of drug-likeness (QED) is 0.865. The average molecular weight is 318 g/mol. The van der Waals surface area contributed by atoms with Gasteiger partial charge in [-0.1, -0.05) is 54.6 Å². The summed E-state index contributed by atoms with van der Waals surface area (Å²) < 4.78 is 0. The van der Waals surface area contributed by atoms with E-state index in [4.69, 9.17) is 0 Å². The highest BCUT2D eigenvalue weighted by molar-refractivity contribution is 6.07. The monoisotopic (exact) mass is 318 g/mol. The Morgan fingerprint density at radius 3 is 2.50 bits per heavy atom. The second-order valence-electron chi connectivity index (χ2n) is 7.15. The van der Waals surface area contributed by atoms with Crippen LogP contribution >= 0.6 is 0 Å². The van der Waals surface area contributed by atoms with Gasteiger partial charge >= 0.3 is 0 Å². The summed E-state index contributed by atoms with van der Waals surface area (Å²) in [6.07, 6.45) is 0. The molecule has 0 radical (unpaired) electrons. The fraction of sp³-hybridized carbons (Fsp3) is 0.300. The number of nitrogens with one attached hydrogen (secondary N) is 1. The summed E-state index contributed by atoms with van der Waals surface area (Å²) in [7, 11) is 0. The van der Waals surface area contributed by atoms with Crippen LogP contribution in [0.15, 0.2) is 54.6 Å². The molecule has 2 amide bonds. The maximum atomic E-state index is 12.5. The summed E-state index contributed by atoms with van der Waals surface area (Å²) in [4.78, 5) is 27.3. The van der Waals surface area contributed by atoms with E-state index in [1.807, 2.05) is 30.3 Å². The number of carbonyl (C=O) groups is 2. The third kappa shape index (κ3) is 1.52. The Balaban J connectivity index is 1.68. The Morgan fingerprint density at radius 1 is 1.00 bits per heavy atom. The molecule has 0 spiro atoms. The fourth-order valence-corrected chi connectivity index (χ4v) is 5.13. The van der Waals surface area contributed by atoms with Crippen LogP contribution in [0.2, 0.25) is 0 Å². The number of carbonyl (C=O) groups excluding carboxylic acids is 2. The van der Waals surface area contributed by atoms with Gasteiger partial charge in [0, 0.05) is 12.6 Å². The van der Waals surface area contributed by atoms with E-state index in [-0.39, 0.29) is 29.7 Å². The predicted octanol–water partition coefficient (Wildman–Crippen LogP) is 2.36. The summed E-state index contributed by atoms with van der Waals surface area (Å²) in [5, 5.41) is 2.56. The minimum absolute atomic E-state index is 0.0251. The largest absolute Gasteiger partial charge is 0.296 e. The Labute approximate surface area is 140 Å². The first-order valence-corrected chi connectivity index (χ1v) is 8.37. The smallest absolute Gasteiger partial charge is 0.232 e. The molecular weight excluding hydrogens is 300 g/mol. The zero-order valence-corrected chi connectivity index (χ0v) is 13.4. The topological polar surface area (TPSA) is 49.4 Å². The molecule has 2 aromatic rings. The molecule has 4 atom stereocenters. The predicted molar refractivity (Wildman–Crippen MR) is 88.6 cm³/mol. The first kappa shape index (κ1) is 13.9. The number of hydrogen-bond acceptors (Lipinski definition) is 3. The van der Waals surface area contributed by atoms with E-state index in [9.17, 15) is 9.59 Å². The molecule has 0 saturated carbocycles. The van der Waals surface area contributed by atoms with Gasteiger partial charge in [0.15, 0.2) is 0 Å². The van der Waals surface area contributed by atoms with Gasteiger partial charge in [-0.25, -0.2) is 0 Å². The lowest BCUT2D eigenvalue weighted by molar-refractivity contribution is -0.128. The molecule has 2 bridgehead atoms. The van der Waals surface area contributed by atoms with Crippen molar-refractivity contribution in [1.29, 1.82) is 0 Å². The van der Waals surface area contributed by atoms with Crippen LogP contribution < -0.4 is 5.32 Å². The van der Waals surface area contributed by atoms with Crippen molar-refractivity contribution in [1.82, 2.24) is 10.2 Å². The third-order valence-corrected chi connectivity index (χ3v) is 6.09. The van der Waals surface area contributed by atoms with E-state index in [0.29, 0.717) is 0 Å². The van der Waals surface area contributed by atoms with Crippen LogP contribution in [-0.4, -0.2) is 16.7 Å². The maximum absolute atomic E-state index is 12.5. The van der Waals surface area contributed by atoms with Crippen molar-refractivity contribution in [3.05, 3.63) is 71.3 Å². The number of hydrogen-bond donors (Lipinski definition) is 1. The molecule has 2 fully saturated rings. The standard InChI is InChI=1S/C20H18N2O2/c1-20-14-10-6-5-9-13(14)17(15-16(20)19(24)21-18(15)23)22(20)11-12-7-3-2-4-8-12/h2-10,15-17H,11H2,1H3,(H,21,23,24)/t15-,16-,17-,20+/m0/s1. The maximum Gasteiger partial charge on any atom is 0.232 e. The van der Waals surface area contributed by atoms with Gasteiger partial charge in [-0.2, -0.15) is 0 Å². The molecule has 24 heavy (non-hydrogen) atoms. The number of amides is 2. The second-order valence-corrected chi connectivity index (χ2v) is 7.15. The van der Waals surface area contributed by atoms with Gasteiger partial charge in [0.05, 0.1) is 17.4 Å². The van der Waals surface area contributed by atoms with Crippen molar-refractivity contribution in [3.63, 3.8) is 0 Å². The van der Waals surface area contributed by atoms with Crippen LogP contribution in [0.4, 0.5) is 0 Å². The van der Waals surface area contributed by atoms with Gasteiger partial charge in [0.25, 0.3) is 0 Å². The SMILES string of the molecule is C[C@@]12c3ccccc3[C@@H]([C@H]3C(=O)NC(=O)[C@H]31)N2Cc1ccccc1. The van der Waals surface area contributed by atoms with Gasteiger partial charge in [0.1, 0.15) is 0 Å². The van der Waals surface area contributed by atoms with Crippen LogP contribution in [0.25, 0.3) is 0 Å². The second kappa shape index (κ2) is 4.54. The van der Waals surface area contributed by atoms with E-state index < -0.39 is 5.54 Å². The van der Waals surface area contributed by atoms with E-state index in [1.165, 1.54) is 16.7 Å². The van der Waals surface area contributed by atoms with Crippen LogP contribution in [-0.2, 0) is 21.7 Å². The molecule has 4 heteroatoms. The first-order chi connectivity index (χ1) is 11.6. The molecule has 120 valence electrons. The van der Waals surface area contributed by atoms with Crippen LogP contribution in [0.5, 0.6) is 0 Å². The molecule has 2 aromatic carbocycles. The number of benzene rings is 2. The molecule has 2 saturated heterocycles. The summed E-state index contributed by atoms with van der Waals surface area (Å²) in [6.45, 7) is 2.86. The van der Waals surface area contributed by atoms with Gasteiger partial charge in [0.2, 0.25) is 11.8 Å². The minimum Gasteiger partial charge on any atom is -0.296 e. The van der Waals surface area contributed by atoms with E-state index in [1.54, 1.807) is 0 Å². The Morgan fingerprint density at radius 2 is 1.71 bits per heavy atom. The van der Waals surface area contributed by atoms with Crippen molar-refractivity contribution in [2.45, 2.75) is 25.0 Å². The molecule has 4 nitrogen and oxygen atoms in total. The lowest BCUT2D eigenvalue weighted by Crippen LogP contribution is -2.43. The third-order valence-electron chi connectivity index (χ3n) is 6.09. The lowest BCUT2D eigenvalue weighted by Gasteiger charge is -2.35. The highest BCUT2D eigenvalue weighted by atomic mass is 16.2. The molecule has 3 aliphatic rings. The van der Waals surface area contributed by atoms with Crippen molar-refractivity contribution < 1.29 is 9.59 Å². The van der Waals surface area contributed by atoms with Crippen molar-refractivity contribution >= 4 is 11.8 Å². The molecule has 0 aromatic heterocycles. The highest BCUT2D eigenvalue weighted by Gasteiger charge is 2.69. The molecule has 0 unspecified atom stereocenters.